The second-order valence-electron chi connectivity index (χ2n) is 4.64. The van der Waals surface area contributed by atoms with Gasteiger partial charge in [-0.3, -0.25) is 0 Å². The van der Waals surface area contributed by atoms with Crippen molar-refractivity contribution in [3.05, 3.63) is 71.6 Å². The predicted octanol–water partition coefficient (Wildman–Crippen LogP) is 5.11. The zero-order valence-corrected chi connectivity index (χ0v) is 11.4. The first-order valence-electron chi connectivity index (χ1n) is 6.48. The molecule has 0 saturated carbocycles. The number of hydrogen-bond acceptors (Lipinski definition) is 1. The van der Waals surface area contributed by atoms with Crippen LogP contribution in [0.4, 0.5) is 4.39 Å². The third-order valence-electron chi connectivity index (χ3n) is 3.41. The SMILES string of the molecule is FC1=C(CSc2ccccc2)c2ccccc2CC1. The summed E-state index contributed by atoms with van der Waals surface area (Å²) in [5.74, 6) is 0.759. The molecule has 0 fully saturated rings. The molecule has 0 atom stereocenters. The van der Waals surface area contributed by atoms with Gasteiger partial charge in [0.05, 0.1) is 0 Å². The smallest absolute Gasteiger partial charge is 0.105 e. The minimum atomic E-state index is 0.0575. The zero-order chi connectivity index (χ0) is 13.1. The van der Waals surface area contributed by atoms with Gasteiger partial charge in [0, 0.05) is 22.6 Å². The van der Waals surface area contributed by atoms with Crippen LogP contribution in [0.5, 0.6) is 0 Å². The molecule has 0 nitrogen and oxygen atoms in total. The summed E-state index contributed by atoms with van der Waals surface area (Å²) in [7, 11) is 0. The van der Waals surface area contributed by atoms with Crippen LogP contribution in [0.25, 0.3) is 5.57 Å². The Morgan fingerprint density at radius 2 is 1.63 bits per heavy atom. The fourth-order valence-electron chi connectivity index (χ4n) is 2.40. The molecule has 0 aliphatic heterocycles. The molecule has 2 aromatic rings. The average Bonchev–Trinajstić information content (AvgIpc) is 2.47. The lowest BCUT2D eigenvalue weighted by Crippen LogP contribution is -2.04. The maximum absolute atomic E-state index is 14.1. The third-order valence-corrected chi connectivity index (χ3v) is 4.45. The number of rotatable bonds is 3. The van der Waals surface area contributed by atoms with Crippen LogP contribution < -0.4 is 0 Å². The monoisotopic (exact) mass is 270 g/mol. The quantitative estimate of drug-likeness (QED) is 0.699. The van der Waals surface area contributed by atoms with Crippen LogP contribution >= 0.6 is 11.8 Å². The van der Waals surface area contributed by atoms with Gasteiger partial charge in [-0.2, -0.15) is 0 Å². The van der Waals surface area contributed by atoms with Crippen LogP contribution in [-0.2, 0) is 6.42 Å². The summed E-state index contributed by atoms with van der Waals surface area (Å²) < 4.78 is 14.1. The van der Waals surface area contributed by atoms with Crippen LogP contribution in [-0.4, -0.2) is 5.75 Å². The van der Waals surface area contributed by atoms with Gasteiger partial charge in [-0.25, -0.2) is 4.39 Å². The van der Waals surface area contributed by atoms with Gasteiger partial charge in [-0.1, -0.05) is 42.5 Å². The highest BCUT2D eigenvalue weighted by Crippen LogP contribution is 2.35. The van der Waals surface area contributed by atoms with Crippen molar-refractivity contribution >= 4 is 17.3 Å². The first-order valence-corrected chi connectivity index (χ1v) is 7.47. The molecule has 1 aliphatic carbocycles. The summed E-state index contributed by atoms with van der Waals surface area (Å²) in [6.07, 6.45) is 1.36. The van der Waals surface area contributed by atoms with Crippen molar-refractivity contribution in [2.24, 2.45) is 0 Å². The van der Waals surface area contributed by atoms with E-state index in [0.717, 1.165) is 17.6 Å². The fraction of sp³-hybridized carbons (Fsp3) is 0.176. The second-order valence-corrected chi connectivity index (χ2v) is 5.69. The van der Waals surface area contributed by atoms with Crippen molar-refractivity contribution in [1.29, 1.82) is 0 Å². The maximum Gasteiger partial charge on any atom is 0.105 e. The van der Waals surface area contributed by atoms with Crippen molar-refractivity contribution in [1.82, 2.24) is 0 Å². The Balaban J connectivity index is 1.83. The second kappa shape index (κ2) is 5.62. The summed E-state index contributed by atoms with van der Waals surface area (Å²) in [4.78, 5) is 1.19. The standard InChI is InChI=1S/C17H15FS/c18-17-11-10-13-6-4-5-9-15(13)16(17)12-19-14-7-2-1-3-8-14/h1-9H,10-12H2. The van der Waals surface area contributed by atoms with Gasteiger partial charge >= 0.3 is 0 Å². The summed E-state index contributed by atoms with van der Waals surface area (Å²) in [5.41, 5.74) is 3.23. The molecule has 1 aliphatic rings. The van der Waals surface area contributed by atoms with Gasteiger partial charge in [0.25, 0.3) is 0 Å². The Morgan fingerprint density at radius 3 is 2.47 bits per heavy atom. The van der Waals surface area contributed by atoms with Crippen LogP contribution in [0.15, 0.2) is 65.3 Å². The number of benzene rings is 2. The first-order chi connectivity index (χ1) is 9.34. The van der Waals surface area contributed by atoms with Gasteiger partial charge in [0.2, 0.25) is 0 Å². The third kappa shape index (κ3) is 2.74. The Bertz CT molecular complexity index is 602. The van der Waals surface area contributed by atoms with E-state index in [4.69, 9.17) is 0 Å². The van der Waals surface area contributed by atoms with Gasteiger partial charge in [-0.15, -0.1) is 11.8 Å². The molecule has 0 aromatic heterocycles. The van der Waals surface area contributed by atoms with E-state index in [2.05, 4.69) is 18.2 Å². The van der Waals surface area contributed by atoms with E-state index in [1.807, 2.05) is 36.4 Å². The highest BCUT2D eigenvalue weighted by atomic mass is 32.2. The lowest BCUT2D eigenvalue weighted by Gasteiger charge is -2.19. The predicted molar refractivity (Wildman–Crippen MR) is 80.0 cm³/mol. The summed E-state index contributed by atoms with van der Waals surface area (Å²) in [5, 5.41) is 0. The van der Waals surface area contributed by atoms with Crippen LogP contribution in [0.1, 0.15) is 17.5 Å². The van der Waals surface area contributed by atoms with Gasteiger partial charge in [-0.05, 0) is 29.7 Å². The maximum atomic E-state index is 14.1. The number of halogens is 1. The lowest BCUT2D eigenvalue weighted by molar-refractivity contribution is 0.585. The Morgan fingerprint density at radius 1 is 0.895 bits per heavy atom. The summed E-state index contributed by atoms with van der Waals surface area (Å²) >= 11 is 1.70. The van der Waals surface area contributed by atoms with E-state index in [9.17, 15) is 4.39 Å². The van der Waals surface area contributed by atoms with E-state index >= 15 is 0 Å². The molecule has 19 heavy (non-hydrogen) atoms. The van der Waals surface area contributed by atoms with E-state index in [0.29, 0.717) is 12.2 Å². The Kier molecular flexibility index (Phi) is 3.69. The van der Waals surface area contributed by atoms with Crippen molar-refractivity contribution in [2.75, 3.05) is 5.75 Å². The topological polar surface area (TPSA) is 0 Å². The Hall–Kier alpha value is -1.54. The minimum Gasteiger partial charge on any atom is -0.211 e. The largest absolute Gasteiger partial charge is 0.211 e. The molecule has 3 rings (SSSR count). The number of aryl methyl sites for hydroxylation is 1. The van der Waals surface area contributed by atoms with Crippen LogP contribution in [0, 0.1) is 0 Å². The zero-order valence-electron chi connectivity index (χ0n) is 10.6. The molecule has 0 unspecified atom stereocenters. The van der Waals surface area contributed by atoms with Gasteiger partial charge in [0.1, 0.15) is 5.83 Å². The molecule has 0 bridgehead atoms. The molecule has 0 saturated heterocycles. The summed E-state index contributed by atoms with van der Waals surface area (Å²) in [6, 6.07) is 18.3. The Labute approximate surface area is 117 Å². The fourth-order valence-corrected chi connectivity index (χ4v) is 3.38. The first kappa shape index (κ1) is 12.5. The van der Waals surface area contributed by atoms with Crippen molar-refractivity contribution in [2.45, 2.75) is 17.7 Å². The highest BCUT2D eigenvalue weighted by molar-refractivity contribution is 7.99. The molecule has 0 amide bonds. The lowest BCUT2D eigenvalue weighted by atomic mass is 9.91. The van der Waals surface area contributed by atoms with Crippen LogP contribution in [0.3, 0.4) is 0 Å². The number of thioether (sulfide) groups is 1. The minimum absolute atomic E-state index is 0.0575. The van der Waals surface area contributed by atoms with E-state index < -0.39 is 0 Å². The average molecular weight is 270 g/mol. The molecular formula is C17H15FS. The number of hydrogen-bond donors (Lipinski definition) is 0. The molecule has 2 aromatic carbocycles. The molecule has 0 radical (unpaired) electrons. The summed E-state index contributed by atoms with van der Waals surface area (Å²) in [6.45, 7) is 0. The molecule has 2 heteroatoms. The highest BCUT2D eigenvalue weighted by Gasteiger charge is 2.18. The van der Waals surface area contributed by atoms with E-state index in [1.54, 1.807) is 11.8 Å². The van der Waals surface area contributed by atoms with Crippen molar-refractivity contribution in [3.8, 4) is 0 Å². The van der Waals surface area contributed by atoms with E-state index in [-0.39, 0.29) is 5.83 Å². The molecule has 0 spiro atoms. The molecule has 0 N–H and O–H groups in total. The van der Waals surface area contributed by atoms with Crippen LogP contribution in [0.2, 0.25) is 0 Å². The molecule has 0 heterocycles. The van der Waals surface area contributed by atoms with Gasteiger partial charge < -0.3 is 0 Å². The van der Waals surface area contributed by atoms with Crippen molar-refractivity contribution in [3.63, 3.8) is 0 Å². The van der Waals surface area contributed by atoms with E-state index in [1.165, 1.54) is 10.5 Å². The van der Waals surface area contributed by atoms with Crippen molar-refractivity contribution < 1.29 is 4.39 Å². The normalized spacial score (nSPS) is 14.4. The van der Waals surface area contributed by atoms with Gasteiger partial charge in [0.15, 0.2) is 0 Å². The molecule has 96 valence electrons. The molecular weight excluding hydrogens is 255 g/mol. The number of allylic oxidation sites excluding steroid dienone is 1. The number of fused-ring (bicyclic) bond motifs is 1.